The number of aliphatic hydroxyl groups excluding tert-OH is 1. The molecule has 2 aromatic rings. The molecule has 9 heteroatoms. The number of carbonyl (C=O) groups is 2. The first kappa shape index (κ1) is 21.6. The lowest BCUT2D eigenvalue weighted by atomic mass is 10.1. The van der Waals surface area contributed by atoms with Crippen molar-refractivity contribution in [3.05, 3.63) is 30.1 Å². The van der Waals surface area contributed by atoms with Gasteiger partial charge >= 0.3 is 6.03 Å². The van der Waals surface area contributed by atoms with Crippen LogP contribution in [0.3, 0.4) is 0 Å². The Labute approximate surface area is 182 Å². The van der Waals surface area contributed by atoms with Crippen molar-refractivity contribution in [1.82, 2.24) is 24.7 Å². The summed E-state index contributed by atoms with van der Waals surface area (Å²) in [4.78, 5) is 33.5. The zero-order chi connectivity index (χ0) is 21.8. The lowest BCUT2D eigenvalue weighted by molar-refractivity contribution is 0.0532. The number of urea groups is 1. The third-order valence-electron chi connectivity index (χ3n) is 6.28. The van der Waals surface area contributed by atoms with Gasteiger partial charge in [0.25, 0.3) is 5.91 Å². The average molecular weight is 430 g/mol. The molecule has 0 saturated carbocycles. The highest BCUT2D eigenvalue weighted by atomic mass is 16.5. The number of amides is 3. The SMILES string of the molecule is CC1CCC(CCO)N1C(=O)c1ccc2c(c1)ncn2CCNC(=O)N1CCOCC1. The van der Waals surface area contributed by atoms with E-state index < -0.39 is 0 Å². The highest BCUT2D eigenvalue weighted by Crippen LogP contribution is 2.28. The van der Waals surface area contributed by atoms with Crippen LogP contribution in [0.25, 0.3) is 11.0 Å². The first-order valence-corrected chi connectivity index (χ1v) is 11.1. The van der Waals surface area contributed by atoms with Crippen molar-refractivity contribution in [3.8, 4) is 0 Å². The Balaban J connectivity index is 1.39. The van der Waals surface area contributed by atoms with E-state index in [2.05, 4.69) is 17.2 Å². The van der Waals surface area contributed by atoms with Gasteiger partial charge in [0.1, 0.15) is 0 Å². The summed E-state index contributed by atoms with van der Waals surface area (Å²) in [6.07, 6.45) is 4.25. The Bertz CT molecular complexity index is 922. The molecule has 0 aliphatic carbocycles. The van der Waals surface area contributed by atoms with Gasteiger partial charge < -0.3 is 29.5 Å². The van der Waals surface area contributed by atoms with Gasteiger partial charge in [0.15, 0.2) is 0 Å². The van der Waals surface area contributed by atoms with E-state index in [-0.39, 0.29) is 30.6 Å². The van der Waals surface area contributed by atoms with Gasteiger partial charge in [-0.25, -0.2) is 9.78 Å². The zero-order valence-corrected chi connectivity index (χ0v) is 18.0. The number of hydrogen-bond acceptors (Lipinski definition) is 5. The van der Waals surface area contributed by atoms with E-state index in [1.165, 1.54) is 0 Å². The first-order valence-electron chi connectivity index (χ1n) is 11.1. The van der Waals surface area contributed by atoms with E-state index in [4.69, 9.17) is 4.74 Å². The maximum Gasteiger partial charge on any atom is 0.317 e. The number of morpholine rings is 1. The van der Waals surface area contributed by atoms with Crippen LogP contribution in [0.5, 0.6) is 0 Å². The number of likely N-dealkylation sites (tertiary alicyclic amines) is 1. The van der Waals surface area contributed by atoms with E-state index in [0.29, 0.717) is 51.4 Å². The minimum atomic E-state index is -0.0715. The monoisotopic (exact) mass is 429 g/mol. The van der Waals surface area contributed by atoms with Gasteiger partial charge in [-0.1, -0.05) is 0 Å². The molecule has 2 aliphatic heterocycles. The number of rotatable bonds is 6. The van der Waals surface area contributed by atoms with Gasteiger partial charge in [-0.2, -0.15) is 0 Å². The molecule has 1 aromatic heterocycles. The van der Waals surface area contributed by atoms with Crippen molar-refractivity contribution < 1.29 is 19.4 Å². The number of benzene rings is 1. The van der Waals surface area contributed by atoms with Gasteiger partial charge in [-0.15, -0.1) is 0 Å². The Morgan fingerprint density at radius 1 is 1.26 bits per heavy atom. The Morgan fingerprint density at radius 2 is 2.06 bits per heavy atom. The largest absolute Gasteiger partial charge is 0.396 e. The van der Waals surface area contributed by atoms with Crippen LogP contribution < -0.4 is 5.32 Å². The van der Waals surface area contributed by atoms with E-state index in [1.807, 2.05) is 27.7 Å². The molecule has 2 aliphatic rings. The van der Waals surface area contributed by atoms with Crippen LogP contribution in [0.15, 0.2) is 24.5 Å². The summed E-state index contributed by atoms with van der Waals surface area (Å²) in [6.45, 7) is 5.64. The molecule has 2 saturated heterocycles. The fourth-order valence-electron chi connectivity index (χ4n) is 4.56. The molecule has 2 atom stereocenters. The number of aromatic nitrogens is 2. The molecule has 2 fully saturated rings. The average Bonchev–Trinajstić information content (AvgIpc) is 3.37. The smallest absolute Gasteiger partial charge is 0.317 e. The molecular formula is C22H31N5O4. The standard InChI is InChI=1S/C22H31N5O4/c1-16-2-4-18(6-11-28)27(16)21(29)17-3-5-20-19(14-17)24-15-26(20)8-7-23-22(30)25-9-12-31-13-10-25/h3,5,14-16,18,28H,2,4,6-13H2,1H3,(H,23,30). The van der Waals surface area contributed by atoms with Gasteiger partial charge in [0, 0.05) is 50.4 Å². The maximum atomic E-state index is 13.1. The van der Waals surface area contributed by atoms with Crippen LogP contribution in [0.1, 0.15) is 36.5 Å². The van der Waals surface area contributed by atoms with Crippen LogP contribution in [0, 0.1) is 0 Å². The number of hydrogen-bond donors (Lipinski definition) is 2. The normalized spacial score (nSPS) is 21.6. The lowest BCUT2D eigenvalue weighted by Gasteiger charge is -2.28. The molecule has 2 N–H and O–H groups in total. The van der Waals surface area contributed by atoms with E-state index in [0.717, 1.165) is 23.9 Å². The van der Waals surface area contributed by atoms with E-state index in [9.17, 15) is 14.7 Å². The van der Waals surface area contributed by atoms with Gasteiger partial charge in [0.05, 0.1) is 30.6 Å². The minimum Gasteiger partial charge on any atom is -0.396 e. The van der Waals surface area contributed by atoms with Crippen LogP contribution in [0.2, 0.25) is 0 Å². The van der Waals surface area contributed by atoms with Gasteiger partial charge in [-0.05, 0) is 44.4 Å². The molecule has 31 heavy (non-hydrogen) atoms. The quantitative estimate of drug-likeness (QED) is 0.724. The third-order valence-corrected chi connectivity index (χ3v) is 6.28. The number of ether oxygens (including phenoxy) is 1. The van der Waals surface area contributed by atoms with E-state index >= 15 is 0 Å². The highest BCUT2D eigenvalue weighted by molar-refractivity contribution is 5.98. The number of carbonyl (C=O) groups excluding carboxylic acids is 2. The first-order chi connectivity index (χ1) is 15.1. The van der Waals surface area contributed by atoms with Crippen molar-refractivity contribution in [1.29, 1.82) is 0 Å². The Morgan fingerprint density at radius 3 is 2.84 bits per heavy atom. The summed E-state index contributed by atoms with van der Waals surface area (Å²) in [5, 5.41) is 12.3. The second-order valence-corrected chi connectivity index (χ2v) is 8.28. The lowest BCUT2D eigenvalue weighted by Crippen LogP contribution is -2.46. The number of nitrogens with one attached hydrogen (secondary N) is 1. The number of aliphatic hydroxyl groups is 1. The highest BCUT2D eigenvalue weighted by Gasteiger charge is 2.34. The molecule has 0 bridgehead atoms. The van der Waals surface area contributed by atoms with Crippen molar-refractivity contribution >= 4 is 23.0 Å². The molecule has 168 valence electrons. The van der Waals surface area contributed by atoms with Gasteiger partial charge in [0.2, 0.25) is 0 Å². The summed E-state index contributed by atoms with van der Waals surface area (Å²) in [5.74, 6) is -0.00215. The molecule has 0 radical (unpaired) electrons. The number of fused-ring (bicyclic) bond motifs is 1. The van der Waals surface area contributed by atoms with E-state index in [1.54, 1.807) is 11.2 Å². The molecule has 0 spiro atoms. The second kappa shape index (κ2) is 9.65. The number of nitrogens with zero attached hydrogens (tertiary/aromatic N) is 4. The molecule has 3 amide bonds. The molecular weight excluding hydrogens is 398 g/mol. The summed E-state index contributed by atoms with van der Waals surface area (Å²) < 4.78 is 7.25. The molecule has 9 nitrogen and oxygen atoms in total. The molecule has 1 aromatic carbocycles. The minimum absolute atomic E-state index is 0.00215. The van der Waals surface area contributed by atoms with Crippen molar-refractivity contribution in [2.45, 2.75) is 44.8 Å². The third kappa shape index (κ3) is 4.67. The van der Waals surface area contributed by atoms with Crippen LogP contribution in [-0.4, -0.2) is 87.9 Å². The Hall–Kier alpha value is -2.65. The molecule has 4 rings (SSSR count). The fraction of sp³-hybridized carbons (Fsp3) is 0.591. The van der Waals surface area contributed by atoms with Crippen molar-refractivity contribution in [2.24, 2.45) is 0 Å². The summed E-state index contributed by atoms with van der Waals surface area (Å²) >= 11 is 0. The number of imidazole rings is 1. The van der Waals surface area contributed by atoms with Crippen molar-refractivity contribution in [2.75, 3.05) is 39.5 Å². The Kier molecular flexibility index (Phi) is 6.72. The van der Waals surface area contributed by atoms with Gasteiger partial charge in [-0.3, -0.25) is 4.79 Å². The zero-order valence-electron chi connectivity index (χ0n) is 18.0. The predicted molar refractivity (Wildman–Crippen MR) is 116 cm³/mol. The molecule has 3 heterocycles. The van der Waals surface area contributed by atoms with Crippen LogP contribution in [0.4, 0.5) is 4.79 Å². The summed E-state index contributed by atoms with van der Waals surface area (Å²) in [6, 6.07) is 5.79. The predicted octanol–water partition coefficient (Wildman–Crippen LogP) is 1.45. The maximum absolute atomic E-state index is 13.1. The molecule has 2 unspecified atom stereocenters. The van der Waals surface area contributed by atoms with Crippen LogP contribution in [-0.2, 0) is 11.3 Å². The summed E-state index contributed by atoms with van der Waals surface area (Å²) in [5.41, 5.74) is 2.31. The van der Waals surface area contributed by atoms with Crippen LogP contribution >= 0.6 is 0 Å². The fourth-order valence-corrected chi connectivity index (χ4v) is 4.56. The second-order valence-electron chi connectivity index (χ2n) is 8.28. The summed E-state index contributed by atoms with van der Waals surface area (Å²) in [7, 11) is 0. The topological polar surface area (TPSA) is 99.9 Å². The van der Waals surface area contributed by atoms with Crippen molar-refractivity contribution in [3.63, 3.8) is 0 Å².